The zero-order valence-corrected chi connectivity index (χ0v) is 13.4. The van der Waals surface area contributed by atoms with Gasteiger partial charge in [-0.1, -0.05) is 40.5 Å². The van der Waals surface area contributed by atoms with Gasteiger partial charge in [-0.3, -0.25) is 4.72 Å². The number of benzene rings is 2. The number of hydrogen-bond donors (Lipinski definition) is 1. The molecule has 0 atom stereocenters. The van der Waals surface area contributed by atoms with Gasteiger partial charge in [-0.2, -0.15) is 0 Å². The zero-order chi connectivity index (χ0) is 15.7. The fraction of sp³-hybridized carbons (Fsp3) is 0.0714. The van der Waals surface area contributed by atoms with Crippen LogP contribution in [0.3, 0.4) is 0 Å². The Morgan fingerprint density at radius 2 is 1.91 bits per heavy atom. The van der Waals surface area contributed by atoms with Crippen LogP contribution in [0.4, 0.5) is 5.69 Å². The average molecular weight is 357 g/mol. The van der Waals surface area contributed by atoms with Crippen molar-refractivity contribution in [1.29, 1.82) is 0 Å². The minimum atomic E-state index is -3.70. The molecule has 8 heteroatoms. The lowest BCUT2D eigenvalue weighted by atomic mass is 10.2. The molecule has 0 bridgehead atoms. The van der Waals surface area contributed by atoms with Crippen molar-refractivity contribution in [2.24, 2.45) is 0 Å². The summed E-state index contributed by atoms with van der Waals surface area (Å²) in [5.41, 5.74) is 1.09. The van der Waals surface area contributed by atoms with E-state index in [4.69, 9.17) is 27.7 Å². The summed E-state index contributed by atoms with van der Waals surface area (Å²) in [5.74, 6) is -0.327. The molecule has 114 valence electrons. The van der Waals surface area contributed by atoms with E-state index in [0.29, 0.717) is 21.7 Å². The first-order valence-corrected chi connectivity index (χ1v) is 8.64. The highest BCUT2D eigenvalue weighted by molar-refractivity contribution is 7.91. The quantitative estimate of drug-likeness (QED) is 0.764. The van der Waals surface area contributed by atoms with Crippen molar-refractivity contribution in [1.82, 2.24) is 5.16 Å². The van der Waals surface area contributed by atoms with Gasteiger partial charge in [-0.25, -0.2) is 8.42 Å². The molecule has 0 aliphatic carbocycles. The number of para-hydroxylation sites is 1. The van der Waals surface area contributed by atoms with Gasteiger partial charge >= 0.3 is 0 Å². The minimum absolute atomic E-state index is 0.224. The van der Waals surface area contributed by atoms with Crippen molar-refractivity contribution in [3.8, 4) is 0 Å². The Morgan fingerprint density at radius 3 is 2.73 bits per heavy atom. The van der Waals surface area contributed by atoms with Crippen molar-refractivity contribution in [3.63, 3.8) is 0 Å². The topological polar surface area (TPSA) is 72.2 Å². The van der Waals surface area contributed by atoms with Gasteiger partial charge in [0.1, 0.15) is 11.4 Å². The number of rotatable bonds is 4. The maximum absolute atomic E-state index is 12.3. The Morgan fingerprint density at radius 1 is 1.14 bits per heavy atom. The lowest BCUT2D eigenvalue weighted by Crippen LogP contribution is -2.15. The zero-order valence-electron chi connectivity index (χ0n) is 11.1. The maximum atomic E-state index is 12.3. The monoisotopic (exact) mass is 356 g/mol. The van der Waals surface area contributed by atoms with Gasteiger partial charge in [0, 0.05) is 10.4 Å². The number of fused-ring (bicyclic) bond motifs is 1. The molecule has 0 unspecified atom stereocenters. The second kappa shape index (κ2) is 5.79. The maximum Gasteiger partial charge on any atom is 0.238 e. The van der Waals surface area contributed by atoms with Crippen molar-refractivity contribution in [2.75, 3.05) is 4.72 Å². The number of nitrogens with zero attached hydrogens (tertiary/aromatic N) is 1. The van der Waals surface area contributed by atoms with E-state index < -0.39 is 10.0 Å². The molecule has 1 aromatic heterocycles. The van der Waals surface area contributed by atoms with E-state index >= 15 is 0 Å². The average Bonchev–Trinajstić information content (AvgIpc) is 2.85. The molecule has 1 N–H and O–H groups in total. The first-order valence-electron chi connectivity index (χ1n) is 6.23. The number of sulfonamides is 1. The normalized spacial score (nSPS) is 11.7. The van der Waals surface area contributed by atoms with E-state index in [1.54, 1.807) is 30.3 Å². The van der Waals surface area contributed by atoms with Crippen LogP contribution in [0.5, 0.6) is 0 Å². The Hall–Kier alpha value is -1.76. The van der Waals surface area contributed by atoms with Gasteiger partial charge in [-0.15, -0.1) is 0 Å². The van der Waals surface area contributed by atoms with Crippen LogP contribution in [0, 0.1) is 0 Å². The molecule has 5 nitrogen and oxygen atoms in total. The Labute approximate surface area is 136 Å². The number of nitrogens with one attached hydrogen (secondary N) is 1. The van der Waals surface area contributed by atoms with Gasteiger partial charge in [0.15, 0.2) is 5.58 Å². The van der Waals surface area contributed by atoms with Crippen molar-refractivity contribution < 1.29 is 12.9 Å². The molecule has 2 aromatic carbocycles. The summed E-state index contributed by atoms with van der Waals surface area (Å²) >= 11 is 11.8. The molecule has 0 aliphatic heterocycles. The molecule has 0 aliphatic rings. The summed E-state index contributed by atoms with van der Waals surface area (Å²) in [5, 5.41) is 5.11. The van der Waals surface area contributed by atoms with Crippen LogP contribution in [0.2, 0.25) is 10.0 Å². The summed E-state index contributed by atoms with van der Waals surface area (Å²) in [4.78, 5) is 0. The Bertz CT molecular complexity index is 938. The lowest BCUT2D eigenvalue weighted by molar-refractivity contribution is 0.448. The highest BCUT2D eigenvalue weighted by Crippen LogP contribution is 2.27. The second-order valence-electron chi connectivity index (χ2n) is 4.61. The number of halogens is 2. The van der Waals surface area contributed by atoms with Crippen LogP contribution in [0.1, 0.15) is 5.69 Å². The molecule has 0 spiro atoms. The third-order valence-corrected chi connectivity index (χ3v) is 4.72. The minimum Gasteiger partial charge on any atom is -0.356 e. The van der Waals surface area contributed by atoms with Crippen molar-refractivity contribution >= 4 is 49.9 Å². The van der Waals surface area contributed by atoms with Gasteiger partial charge in [0.05, 0.1) is 10.7 Å². The standard InChI is InChI=1S/C14H10Cl2N2O3S/c15-9-5-6-11(16)12(7-9)18-22(19,20)8-13-10-3-1-2-4-14(10)21-17-13/h1-7,18H,8H2. The number of aromatic nitrogens is 1. The molecule has 0 fully saturated rings. The lowest BCUT2D eigenvalue weighted by Gasteiger charge is -2.09. The predicted molar refractivity (Wildman–Crippen MR) is 86.7 cm³/mol. The van der Waals surface area contributed by atoms with E-state index in [2.05, 4.69) is 9.88 Å². The largest absolute Gasteiger partial charge is 0.356 e. The summed E-state index contributed by atoms with van der Waals surface area (Å²) in [6.45, 7) is 0. The highest BCUT2D eigenvalue weighted by Gasteiger charge is 2.18. The molecule has 0 radical (unpaired) electrons. The van der Waals surface area contributed by atoms with Crippen molar-refractivity contribution in [2.45, 2.75) is 5.75 Å². The van der Waals surface area contributed by atoms with Crippen LogP contribution in [0.15, 0.2) is 47.0 Å². The van der Waals surface area contributed by atoms with E-state index in [-0.39, 0.29) is 16.5 Å². The number of hydrogen-bond acceptors (Lipinski definition) is 4. The molecule has 0 amide bonds. The molecule has 0 saturated carbocycles. The Kier molecular flexibility index (Phi) is 3.99. The highest BCUT2D eigenvalue weighted by atomic mass is 35.5. The molecule has 0 saturated heterocycles. The van der Waals surface area contributed by atoms with E-state index in [9.17, 15) is 8.42 Å². The van der Waals surface area contributed by atoms with E-state index in [1.165, 1.54) is 12.1 Å². The van der Waals surface area contributed by atoms with E-state index in [0.717, 1.165) is 0 Å². The summed E-state index contributed by atoms with van der Waals surface area (Å²) in [6, 6.07) is 11.6. The predicted octanol–water partition coefficient (Wildman–Crippen LogP) is 4.08. The molecule has 22 heavy (non-hydrogen) atoms. The van der Waals surface area contributed by atoms with Crippen LogP contribution in [-0.4, -0.2) is 13.6 Å². The van der Waals surface area contributed by atoms with Crippen LogP contribution in [-0.2, 0) is 15.8 Å². The molecule has 3 rings (SSSR count). The molecular weight excluding hydrogens is 347 g/mol. The van der Waals surface area contributed by atoms with Crippen LogP contribution < -0.4 is 4.72 Å². The molecule has 3 aromatic rings. The first kappa shape index (κ1) is 15.1. The third-order valence-electron chi connectivity index (χ3n) is 2.97. The van der Waals surface area contributed by atoms with Crippen LogP contribution >= 0.6 is 23.2 Å². The first-order chi connectivity index (χ1) is 10.4. The van der Waals surface area contributed by atoms with Gasteiger partial charge < -0.3 is 4.52 Å². The van der Waals surface area contributed by atoms with Gasteiger partial charge in [0.25, 0.3) is 0 Å². The van der Waals surface area contributed by atoms with Gasteiger partial charge in [0.2, 0.25) is 10.0 Å². The summed E-state index contributed by atoms with van der Waals surface area (Å²) < 4.78 is 32.1. The van der Waals surface area contributed by atoms with E-state index in [1.807, 2.05) is 0 Å². The SMILES string of the molecule is O=S(=O)(Cc1noc2ccccc12)Nc1cc(Cl)ccc1Cl. The molecular formula is C14H10Cl2N2O3S. The smallest absolute Gasteiger partial charge is 0.238 e. The fourth-order valence-corrected chi connectivity index (χ4v) is 3.54. The second-order valence-corrected chi connectivity index (χ2v) is 7.18. The summed E-state index contributed by atoms with van der Waals surface area (Å²) in [6.07, 6.45) is 0. The van der Waals surface area contributed by atoms with Crippen LogP contribution in [0.25, 0.3) is 11.0 Å². The number of anilines is 1. The fourth-order valence-electron chi connectivity index (χ4n) is 2.00. The Balaban J connectivity index is 1.89. The summed E-state index contributed by atoms with van der Waals surface area (Å²) in [7, 11) is -3.70. The molecule has 1 heterocycles. The van der Waals surface area contributed by atoms with Gasteiger partial charge in [-0.05, 0) is 30.3 Å². The van der Waals surface area contributed by atoms with Crippen molar-refractivity contribution in [3.05, 3.63) is 58.2 Å². The third kappa shape index (κ3) is 3.19.